The van der Waals surface area contributed by atoms with Crippen molar-refractivity contribution in [1.82, 2.24) is 9.62 Å². The van der Waals surface area contributed by atoms with Crippen molar-refractivity contribution in [3.63, 3.8) is 0 Å². The van der Waals surface area contributed by atoms with E-state index in [4.69, 9.17) is 0 Å². The summed E-state index contributed by atoms with van der Waals surface area (Å²) in [5, 5.41) is 15.4. The fraction of sp³-hybridized carbons (Fsp3) is 0.308. The van der Waals surface area contributed by atoms with E-state index in [1.165, 1.54) is 28.6 Å². The molecule has 2 aliphatic heterocycles. The molecule has 0 radical (unpaired) electrons. The summed E-state index contributed by atoms with van der Waals surface area (Å²) in [4.78, 5) is 10.7. The predicted octanol–water partition coefficient (Wildman–Crippen LogP) is 4.65. The Labute approximate surface area is 213 Å². The summed E-state index contributed by atoms with van der Waals surface area (Å²) in [6.07, 6.45) is 0. The van der Waals surface area contributed by atoms with Crippen molar-refractivity contribution in [3.8, 4) is 0 Å². The lowest BCUT2D eigenvalue weighted by Gasteiger charge is -2.61. The summed E-state index contributed by atoms with van der Waals surface area (Å²) in [5.41, 5.74) is 0.542. The molecule has 2 saturated heterocycles. The van der Waals surface area contributed by atoms with Crippen LogP contribution in [-0.4, -0.2) is 42.1 Å². The first-order chi connectivity index (χ1) is 16.7. The Balaban J connectivity index is 1.71. The van der Waals surface area contributed by atoms with Crippen LogP contribution in [-0.2, 0) is 15.4 Å². The highest BCUT2D eigenvalue weighted by Gasteiger charge is 2.62. The zero-order valence-electron chi connectivity index (χ0n) is 19.2. The lowest BCUT2D eigenvalue weighted by atomic mass is 9.58. The van der Waals surface area contributed by atoms with Gasteiger partial charge in [-0.1, -0.05) is 95.7 Å². The average molecular weight is 556 g/mol. The zero-order chi connectivity index (χ0) is 24.8. The molecular weight excluding hydrogens is 530 g/mol. The number of rotatable bonds is 5. The highest BCUT2D eigenvalue weighted by Crippen LogP contribution is 2.56. The summed E-state index contributed by atoms with van der Waals surface area (Å²) in [5.74, 6) is 0. The Morgan fingerprint density at radius 3 is 2.23 bits per heavy atom. The van der Waals surface area contributed by atoms with Crippen LogP contribution in [0.2, 0.25) is 0 Å². The lowest BCUT2D eigenvalue weighted by Crippen LogP contribution is -2.72. The van der Waals surface area contributed by atoms with Gasteiger partial charge in [-0.2, -0.15) is 4.31 Å². The third-order valence-corrected chi connectivity index (χ3v) is 11.2. The molecule has 2 fully saturated rings. The van der Waals surface area contributed by atoms with Crippen molar-refractivity contribution in [2.75, 3.05) is 19.6 Å². The largest absolute Gasteiger partial charge is 0.308 e. The number of nitro groups is 1. The number of benzene rings is 3. The summed E-state index contributed by atoms with van der Waals surface area (Å²) in [7, 11) is -4.15. The fourth-order valence-electron chi connectivity index (χ4n) is 5.78. The minimum absolute atomic E-state index is 0.0476. The van der Waals surface area contributed by atoms with Gasteiger partial charge in [0.2, 0.25) is 10.0 Å². The van der Waals surface area contributed by atoms with Crippen LogP contribution in [0.15, 0.2) is 89.8 Å². The SMILES string of the molecule is C[C@]12CNC(c3ccccc3)[C@@](c3ccccc3)(CN(S(=O)(=O)c3ccccc3[N+](=O)[O-])C1)[C@@H]2Br. The van der Waals surface area contributed by atoms with Gasteiger partial charge in [-0.05, 0) is 17.2 Å². The van der Waals surface area contributed by atoms with E-state index >= 15 is 0 Å². The molecule has 2 heterocycles. The number of nitro benzene ring substituents is 1. The third kappa shape index (κ3) is 3.81. The number of nitrogens with one attached hydrogen (secondary N) is 1. The van der Waals surface area contributed by atoms with E-state index in [2.05, 4.69) is 40.3 Å². The van der Waals surface area contributed by atoms with E-state index in [0.29, 0.717) is 6.54 Å². The number of hydrogen-bond acceptors (Lipinski definition) is 5. The second kappa shape index (κ2) is 8.81. The number of fused-ring (bicyclic) bond motifs is 2. The number of sulfonamides is 1. The first-order valence-corrected chi connectivity index (χ1v) is 13.8. The minimum Gasteiger partial charge on any atom is -0.308 e. The molecule has 2 aliphatic rings. The molecule has 0 aromatic heterocycles. The topological polar surface area (TPSA) is 92.6 Å². The molecule has 182 valence electrons. The minimum atomic E-state index is -4.15. The van der Waals surface area contributed by atoms with Gasteiger partial charge in [0, 0.05) is 47.4 Å². The molecule has 1 N–H and O–H groups in total. The average Bonchev–Trinajstić information content (AvgIpc) is 2.86. The maximum atomic E-state index is 14.0. The van der Waals surface area contributed by atoms with E-state index in [1.54, 1.807) is 0 Å². The molecule has 3 aromatic rings. The van der Waals surface area contributed by atoms with Crippen LogP contribution in [0.25, 0.3) is 0 Å². The molecule has 35 heavy (non-hydrogen) atoms. The standard InChI is InChI=1S/C26H26BrN3O4S/c1-25-16-28-23(19-10-4-2-5-11-19)26(24(25)27,20-12-6-3-7-13-20)18-29(17-25)35(33,34)22-15-9-8-14-21(22)30(31)32/h2-15,23-24,28H,16-18H2,1H3/t23?,24-,25+,26+/m1/s1. The number of hydrogen-bond donors (Lipinski definition) is 1. The van der Waals surface area contributed by atoms with Gasteiger partial charge in [-0.15, -0.1) is 0 Å². The molecule has 3 aromatic carbocycles. The number of alkyl halides is 1. The van der Waals surface area contributed by atoms with E-state index in [0.717, 1.165) is 11.1 Å². The molecule has 0 saturated carbocycles. The fourth-order valence-corrected chi connectivity index (χ4v) is 8.55. The number of para-hydroxylation sites is 1. The number of nitrogens with zero attached hydrogens (tertiary/aromatic N) is 2. The summed E-state index contributed by atoms with van der Waals surface area (Å²) in [6.45, 7) is 3.06. The first-order valence-electron chi connectivity index (χ1n) is 11.4. The maximum Gasteiger partial charge on any atom is 0.289 e. The highest BCUT2D eigenvalue weighted by molar-refractivity contribution is 9.09. The zero-order valence-corrected chi connectivity index (χ0v) is 21.6. The van der Waals surface area contributed by atoms with Gasteiger partial charge in [-0.25, -0.2) is 8.42 Å². The van der Waals surface area contributed by atoms with Crippen LogP contribution < -0.4 is 5.32 Å². The Bertz CT molecular complexity index is 1360. The van der Waals surface area contributed by atoms with Gasteiger partial charge >= 0.3 is 0 Å². The summed E-state index contributed by atoms with van der Waals surface area (Å²) >= 11 is 4.04. The van der Waals surface area contributed by atoms with Crippen LogP contribution in [0.4, 0.5) is 5.69 Å². The van der Waals surface area contributed by atoms with Gasteiger partial charge in [0.25, 0.3) is 5.69 Å². The molecule has 0 amide bonds. The normalized spacial score (nSPS) is 29.0. The van der Waals surface area contributed by atoms with Crippen molar-refractivity contribution < 1.29 is 13.3 Å². The quantitative estimate of drug-likeness (QED) is 0.281. The molecule has 0 spiro atoms. The predicted molar refractivity (Wildman–Crippen MR) is 138 cm³/mol. The van der Waals surface area contributed by atoms with Crippen LogP contribution in [0.5, 0.6) is 0 Å². The van der Waals surface area contributed by atoms with E-state index < -0.39 is 31.5 Å². The van der Waals surface area contributed by atoms with E-state index in [-0.39, 0.29) is 28.9 Å². The maximum absolute atomic E-state index is 14.0. The Hall–Kier alpha value is -2.59. The van der Waals surface area contributed by atoms with Gasteiger partial charge in [0.15, 0.2) is 4.90 Å². The molecule has 7 nitrogen and oxygen atoms in total. The second-order valence-electron chi connectivity index (χ2n) is 9.65. The van der Waals surface area contributed by atoms with Crippen LogP contribution in [0, 0.1) is 15.5 Å². The second-order valence-corrected chi connectivity index (χ2v) is 12.5. The number of piperidine rings is 2. The summed E-state index contributed by atoms with van der Waals surface area (Å²) in [6, 6.07) is 25.4. The molecular formula is C26H26BrN3O4S. The Morgan fingerprint density at radius 2 is 1.57 bits per heavy atom. The molecule has 2 bridgehead atoms. The van der Waals surface area contributed by atoms with Gasteiger partial charge in [0.1, 0.15) is 0 Å². The van der Waals surface area contributed by atoms with E-state index in [9.17, 15) is 18.5 Å². The van der Waals surface area contributed by atoms with Crippen molar-refractivity contribution in [1.29, 1.82) is 0 Å². The van der Waals surface area contributed by atoms with Gasteiger partial charge < -0.3 is 5.32 Å². The monoisotopic (exact) mass is 555 g/mol. The van der Waals surface area contributed by atoms with Crippen LogP contribution in [0.3, 0.4) is 0 Å². The molecule has 9 heteroatoms. The molecule has 5 rings (SSSR count). The summed E-state index contributed by atoms with van der Waals surface area (Å²) < 4.78 is 29.4. The molecule has 0 aliphatic carbocycles. The first kappa shape index (κ1) is 24.1. The van der Waals surface area contributed by atoms with Crippen LogP contribution >= 0.6 is 15.9 Å². The molecule has 4 atom stereocenters. The van der Waals surface area contributed by atoms with Crippen molar-refractivity contribution >= 4 is 31.6 Å². The van der Waals surface area contributed by atoms with Gasteiger partial charge in [-0.3, -0.25) is 10.1 Å². The Morgan fingerprint density at radius 1 is 0.971 bits per heavy atom. The van der Waals surface area contributed by atoms with Crippen molar-refractivity contribution in [2.24, 2.45) is 5.41 Å². The van der Waals surface area contributed by atoms with Gasteiger partial charge in [0.05, 0.1) is 4.92 Å². The number of halogens is 1. The van der Waals surface area contributed by atoms with Crippen molar-refractivity contribution in [3.05, 3.63) is 106 Å². The highest BCUT2D eigenvalue weighted by atomic mass is 79.9. The van der Waals surface area contributed by atoms with E-state index in [1.807, 2.05) is 48.5 Å². The lowest BCUT2D eigenvalue weighted by molar-refractivity contribution is -0.387. The third-order valence-electron chi connectivity index (χ3n) is 7.39. The molecule has 1 unspecified atom stereocenters. The smallest absolute Gasteiger partial charge is 0.289 e. The van der Waals surface area contributed by atoms with Crippen LogP contribution in [0.1, 0.15) is 24.1 Å². The van der Waals surface area contributed by atoms with Crippen molar-refractivity contribution in [2.45, 2.75) is 28.1 Å². The Kier molecular flexibility index (Phi) is 6.07.